The lowest BCUT2D eigenvalue weighted by Crippen LogP contribution is -2.23. The number of ether oxygens (including phenoxy) is 1. The zero-order valence-corrected chi connectivity index (χ0v) is 15.5. The first-order valence-electron chi connectivity index (χ1n) is 8.31. The van der Waals surface area contributed by atoms with E-state index in [-0.39, 0.29) is 12.5 Å². The molecule has 1 fully saturated rings. The number of hydrogen-bond donors (Lipinski definition) is 0. The van der Waals surface area contributed by atoms with Crippen molar-refractivity contribution >= 4 is 27.5 Å². The van der Waals surface area contributed by atoms with Crippen LogP contribution in [-0.4, -0.2) is 22.6 Å². The van der Waals surface area contributed by atoms with Crippen molar-refractivity contribution in [3.8, 4) is 17.1 Å². The van der Waals surface area contributed by atoms with Crippen molar-refractivity contribution in [1.29, 1.82) is 0 Å². The van der Waals surface area contributed by atoms with Crippen LogP contribution in [0.25, 0.3) is 11.4 Å². The molecule has 6 nitrogen and oxygen atoms in total. The molecule has 0 atom stereocenters. The van der Waals surface area contributed by atoms with Crippen LogP contribution in [0, 0.1) is 0 Å². The van der Waals surface area contributed by atoms with Crippen LogP contribution < -0.4 is 9.64 Å². The Kier molecular flexibility index (Phi) is 4.71. The molecule has 2 aromatic carbocycles. The zero-order chi connectivity index (χ0) is 17.9. The van der Waals surface area contributed by atoms with Gasteiger partial charge >= 0.3 is 0 Å². The van der Waals surface area contributed by atoms with Gasteiger partial charge in [-0.2, -0.15) is 4.98 Å². The largest absolute Gasteiger partial charge is 0.484 e. The Labute approximate surface area is 158 Å². The third-order valence-electron chi connectivity index (χ3n) is 4.14. The molecule has 0 bridgehead atoms. The Morgan fingerprint density at radius 2 is 2.04 bits per heavy atom. The molecule has 132 valence electrons. The van der Waals surface area contributed by atoms with Crippen LogP contribution in [0.3, 0.4) is 0 Å². The number of hydrogen-bond acceptors (Lipinski definition) is 5. The minimum Gasteiger partial charge on any atom is -0.484 e. The molecular weight excluding hydrogens is 398 g/mol. The van der Waals surface area contributed by atoms with Crippen LogP contribution in [0.15, 0.2) is 57.5 Å². The van der Waals surface area contributed by atoms with Gasteiger partial charge < -0.3 is 14.2 Å². The van der Waals surface area contributed by atoms with Gasteiger partial charge in [0.05, 0.1) is 0 Å². The lowest BCUT2D eigenvalue weighted by molar-refractivity contribution is -0.117. The van der Waals surface area contributed by atoms with Crippen molar-refractivity contribution in [1.82, 2.24) is 10.1 Å². The molecule has 1 aliphatic rings. The van der Waals surface area contributed by atoms with Crippen molar-refractivity contribution in [2.45, 2.75) is 19.4 Å². The Hall–Kier alpha value is -2.67. The fourth-order valence-electron chi connectivity index (χ4n) is 2.85. The average molecular weight is 414 g/mol. The Morgan fingerprint density at radius 3 is 2.77 bits per heavy atom. The van der Waals surface area contributed by atoms with Gasteiger partial charge in [-0.05, 0) is 42.8 Å². The van der Waals surface area contributed by atoms with Gasteiger partial charge in [0.1, 0.15) is 5.75 Å². The molecule has 1 aromatic heterocycles. The zero-order valence-electron chi connectivity index (χ0n) is 13.9. The number of anilines is 1. The second-order valence-electron chi connectivity index (χ2n) is 5.95. The molecule has 1 amide bonds. The van der Waals surface area contributed by atoms with Crippen LogP contribution >= 0.6 is 15.9 Å². The number of nitrogens with zero attached hydrogens (tertiary/aromatic N) is 3. The van der Waals surface area contributed by atoms with E-state index >= 15 is 0 Å². The second-order valence-corrected chi connectivity index (χ2v) is 6.87. The third-order valence-corrected chi connectivity index (χ3v) is 4.63. The maximum Gasteiger partial charge on any atom is 0.264 e. The molecule has 0 saturated carbocycles. The van der Waals surface area contributed by atoms with Crippen molar-refractivity contribution < 1.29 is 14.1 Å². The topological polar surface area (TPSA) is 68.5 Å². The summed E-state index contributed by atoms with van der Waals surface area (Å²) < 4.78 is 11.9. The first-order valence-corrected chi connectivity index (χ1v) is 9.10. The van der Waals surface area contributed by atoms with E-state index in [4.69, 9.17) is 9.26 Å². The summed E-state index contributed by atoms with van der Waals surface area (Å²) in [4.78, 5) is 17.9. The van der Waals surface area contributed by atoms with Gasteiger partial charge in [0.25, 0.3) is 5.89 Å². The van der Waals surface area contributed by atoms with E-state index in [2.05, 4.69) is 26.1 Å². The van der Waals surface area contributed by atoms with E-state index in [1.807, 2.05) is 48.5 Å². The van der Waals surface area contributed by atoms with Crippen LogP contribution in [0.1, 0.15) is 18.7 Å². The summed E-state index contributed by atoms with van der Waals surface area (Å²) in [6.07, 6.45) is 1.53. The molecule has 7 heteroatoms. The molecule has 0 spiro atoms. The molecular formula is C19H16BrN3O3. The SMILES string of the molecule is O=C1CCCN1c1ccc(OCc2nc(-c3cccc(Br)c3)no2)cc1. The predicted octanol–water partition coefficient (Wildman–Crippen LogP) is 4.20. The summed E-state index contributed by atoms with van der Waals surface area (Å²) in [5, 5.41) is 3.98. The first-order chi connectivity index (χ1) is 12.7. The maximum absolute atomic E-state index is 11.8. The van der Waals surface area contributed by atoms with Crippen LogP contribution in [0.4, 0.5) is 5.69 Å². The smallest absolute Gasteiger partial charge is 0.264 e. The molecule has 4 rings (SSSR count). The van der Waals surface area contributed by atoms with E-state index in [9.17, 15) is 4.79 Å². The van der Waals surface area contributed by atoms with Crippen molar-refractivity contribution in [3.63, 3.8) is 0 Å². The number of amides is 1. The van der Waals surface area contributed by atoms with E-state index in [1.165, 1.54) is 0 Å². The number of halogens is 1. The minimum atomic E-state index is 0.171. The van der Waals surface area contributed by atoms with E-state index in [0.717, 1.165) is 28.7 Å². The Morgan fingerprint density at radius 1 is 1.19 bits per heavy atom. The maximum atomic E-state index is 11.8. The third kappa shape index (κ3) is 3.62. The van der Waals surface area contributed by atoms with Gasteiger partial charge in [0, 0.05) is 28.7 Å². The molecule has 1 saturated heterocycles. The van der Waals surface area contributed by atoms with Gasteiger partial charge in [-0.15, -0.1) is 0 Å². The van der Waals surface area contributed by atoms with E-state index in [0.29, 0.717) is 23.9 Å². The highest BCUT2D eigenvalue weighted by molar-refractivity contribution is 9.10. The number of carbonyl (C=O) groups excluding carboxylic acids is 1. The first kappa shape index (κ1) is 16.8. The van der Waals surface area contributed by atoms with Crippen molar-refractivity contribution in [2.75, 3.05) is 11.4 Å². The lowest BCUT2D eigenvalue weighted by atomic mass is 10.2. The quantitative estimate of drug-likeness (QED) is 0.626. The lowest BCUT2D eigenvalue weighted by Gasteiger charge is -2.15. The molecule has 26 heavy (non-hydrogen) atoms. The highest BCUT2D eigenvalue weighted by Crippen LogP contribution is 2.25. The Balaban J connectivity index is 1.39. The highest BCUT2D eigenvalue weighted by atomic mass is 79.9. The normalized spacial score (nSPS) is 14.0. The molecule has 0 unspecified atom stereocenters. The minimum absolute atomic E-state index is 0.171. The number of carbonyl (C=O) groups is 1. The molecule has 1 aliphatic heterocycles. The second kappa shape index (κ2) is 7.29. The molecule has 0 N–H and O–H groups in total. The van der Waals surface area contributed by atoms with Crippen molar-refractivity contribution in [3.05, 3.63) is 58.9 Å². The highest BCUT2D eigenvalue weighted by Gasteiger charge is 2.21. The van der Waals surface area contributed by atoms with Gasteiger partial charge in [-0.1, -0.05) is 33.2 Å². The van der Waals surface area contributed by atoms with Gasteiger partial charge in [0.2, 0.25) is 11.7 Å². The fourth-order valence-corrected chi connectivity index (χ4v) is 3.25. The van der Waals surface area contributed by atoms with Gasteiger partial charge in [0.15, 0.2) is 6.61 Å². The summed E-state index contributed by atoms with van der Waals surface area (Å²) in [5.41, 5.74) is 1.77. The Bertz CT molecular complexity index is 924. The predicted molar refractivity (Wildman–Crippen MR) is 99.8 cm³/mol. The van der Waals surface area contributed by atoms with Crippen LogP contribution in [0.2, 0.25) is 0 Å². The summed E-state index contributed by atoms with van der Waals surface area (Å²) in [5.74, 6) is 1.78. The summed E-state index contributed by atoms with van der Waals surface area (Å²) in [7, 11) is 0. The van der Waals surface area contributed by atoms with Crippen molar-refractivity contribution in [2.24, 2.45) is 0 Å². The fraction of sp³-hybridized carbons (Fsp3) is 0.211. The summed E-state index contributed by atoms with van der Waals surface area (Å²) >= 11 is 3.43. The van der Waals surface area contributed by atoms with Crippen LogP contribution in [-0.2, 0) is 11.4 Å². The molecule has 0 aliphatic carbocycles. The standard InChI is InChI=1S/C19H16BrN3O3/c20-14-4-1-3-13(11-14)19-21-17(26-22-19)12-25-16-8-6-15(7-9-16)23-10-2-5-18(23)24/h1,3-4,6-9,11H,2,5,10,12H2. The number of benzene rings is 2. The van der Waals surface area contributed by atoms with Gasteiger partial charge in [-0.25, -0.2) is 0 Å². The molecule has 3 aromatic rings. The average Bonchev–Trinajstić information content (AvgIpc) is 3.29. The molecule has 0 radical (unpaired) electrons. The van der Waals surface area contributed by atoms with E-state index in [1.54, 1.807) is 4.90 Å². The number of aromatic nitrogens is 2. The summed E-state index contributed by atoms with van der Waals surface area (Å²) in [6, 6.07) is 15.1. The number of rotatable bonds is 5. The van der Waals surface area contributed by atoms with Gasteiger partial charge in [-0.3, -0.25) is 4.79 Å². The van der Waals surface area contributed by atoms with Crippen LogP contribution in [0.5, 0.6) is 5.75 Å². The molecule has 2 heterocycles. The van der Waals surface area contributed by atoms with E-state index < -0.39 is 0 Å². The monoisotopic (exact) mass is 413 g/mol. The summed E-state index contributed by atoms with van der Waals surface area (Å²) in [6.45, 7) is 0.961.